The molecule has 0 spiro atoms. The molecule has 0 aliphatic carbocycles. The number of anilines is 3. The smallest absolute Gasteiger partial charge is 0.227 e. The Morgan fingerprint density at radius 3 is 1.49 bits per heavy atom. The molecule has 0 amide bonds. The molecule has 0 radical (unpaired) electrons. The van der Waals surface area contributed by atoms with Gasteiger partial charge in [0, 0.05) is 21.0 Å². The summed E-state index contributed by atoms with van der Waals surface area (Å²) in [5, 5.41) is 0. The van der Waals surface area contributed by atoms with Crippen LogP contribution >= 0.6 is 11.8 Å². The molecule has 1 aromatic heterocycles. The minimum absolute atomic E-state index is 0.634. The fourth-order valence-corrected chi connectivity index (χ4v) is 7.56. The second-order valence-electron chi connectivity index (χ2n) is 11.6. The van der Waals surface area contributed by atoms with E-state index in [-0.39, 0.29) is 0 Å². The molecule has 3 nitrogen and oxygen atoms in total. The van der Waals surface area contributed by atoms with Crippen molar-refractivity contribution in [2.24, 2.45) is 0 Å². The first kappa shape index (κ1) is 27.5. The van der Waals surface area contributed by atoms with E-state index in [2.05, 4.69) is 155 Å². The fraction of sp³-hybridized carbons (Fsp3) is 0. The predicted octanol–water partition coefficient (Wildman–Crippen LogP) is 12.4. The minimum Gasteiger partial charge on any atom is -0.436 e. The summed E-state index contributed by atoms with van der Waals surface area (Å²) in [4.78, 5) is 9.58. The summed E-state index contributed by atoms with van der Waals surface area (Å²) in [6.45, 7) is 0. The van der Waals surface area contributed by atoms with Crippen LogP contribution in [-0.2, 0) is 0 Å². The van der Waals surface area contributed by atoms with Crippen molar-refractivity contribution in [3.05, 3.63) is 170 Å². The van der Waals surface area contributed by atoms with Gasteiger partial charge in [-0.15, -0.1) is 0 Å². The lowest BCUT2D eigenvalue weighted by Crippen LogP contribution is -2.14. The van der Waals surface area contributed by atoms with E-state index in [0.717, 1.165) is 27.9 Å². The van der Waals surface area contributed by atoms with Crippen LogP contribution in [0.5, 0.6) is 0 Å². The van der Waals surface area contributed by atoms with Crippen molar-refractivity contribution in [2.75, 3.05) is 4.90 Å². The zero-order valence-corrected chi connectivity index (χ0v) is 26.2. The highest BCUT2D eigenvalue weighted by Crippen LogP contribution is 2.51. The predicted molar refractivity (Wildman–Crippen MR) is 195 cm³/mol. The standard InChI is InChI=1S/C43H28N2OS/c1-3-13-35(33(11-1)29-21-23-31(24-22-29)43-44-37-15-5-8-18-40(37)46-43)36-14-4-2-12-34(36)30-25-27-32(28-26-30)45-38-16-6-9-19-41(38)47-42-20-10-7-17-39(42)45/h1-28H. The average molecular weight is 621 g/mol. The van der Waals surface area contributed by atoms with E-state index in [4.69, 9.17) is 4.42 Å². The lowest BCUT2D eigenvalue weighted by atomic mass is 9.89. The topological polar surface area (TPSA) is 29.3 Å². The Kier molecular flexibility index (Phi) is 6.72. The van der Waals surface area contributed by atoms with E-state index >= 15 is 0 Å². The molecule has 0 bridgehead atoms. The Morgan fingerprint density at radius 2 is 0.894 bits per heavy atom. The molecule has 4 heteroatoms. The Morgan fingerprint density at radius 1 is 0.426 bits per heavy atom. The molecule has 0 N–H and O–H groups in total. The number of oxazole rings is 1. The molecule has 1 aliphatic heterocycles. The van der Waals surface area contributed by atoms with Crippen LogP contribution in [0.15, 0.2) is 184 Å². The summed E-state index contributed by atoms with van der Waals surface area (Å²) < 4.78 is 6.02. The summed E-state index contributed by atoms with van der Waals surface area (Å²) in [7, 11) is 0. The average Bonchev–Trinajstić information content (AvgIpc) is 3.59. The summed E-state index contributed by atoms with van der Waals surface area (Å²) in [5.41, 5.74) is 13.3. The molecular formula is C43H28N2OS. The highest BCUT2D eigenvalue weighted by atomic mass is 32.2. The lowest BCUT2D eigenvalue weighted by Gasteiger charge is -2.32. The Hall–Kier alpha value is -5.84. The summed E-state index contributed by atoms with van der Waals surface area (Å²) in [6.07, 6.45) is 0. The SMILES string of the molecule is c1ccc2c(c1)Sc1ccccc1N2c1ccc(-c2ccccc2-c2ccccc2-c2ccc(-c3nc4ccccc4o3)cc2)cc1. The summed E-state index contributed by atoms with van der Waals surface area (Å²) in [5.74, 6) is 0.634. The fourth-order valence-electron chi connectivity index (χ4n) is 6.50. The van der Waals surface area contributed by atoms with Crippen LogP contribution in [0.1, 0.15) is 0 Å². The maximum absolute atomic E-state index is 6.02. The van der Waals surface area contributed by atoms with Gasteiger partial charge >= 0.3 is 0 Å². The number of nitrogens with zero attached hydrogens (tertiary/aromatic N) is 2. The van der Waals surface area contributed by atoms with Gasteiger partial charge in [-0.1, -0.05) is 121 Å². The molecule has 2 heterocycles. The monoisotopic (exact) mass is 620 g/mol. The summed E-state index contributed by atoms with van der Waals surface area (Å²) in [6, 6.07) is 60.0. The van der Waals surface area contributed by atoms with Crippen LogP contribution in [0.2, 0.25) is 0 Å². The highest BCUT2D eigenvalue weighted by molar-refractivity contribution is 7.99. The number of hydrogen-bond acceptors (Lipinski definition) is 4. The van der Waals surface area contributed by atoms with Gasteiger partial charge in [-0.3, -0.25) is 0 Å². The number of hydrogen-bond donors (Lipinski definition) is 0. The molecule has 0 unspecified atom stereocenters. The zero-order valence-electron chi connectivity index (χ0n) is 25.4. The molecule has 0 saturated heterocycles. The third-order valence-electron chi connectivity index (χ3n) is 8.75. The second kappa shape index (κ2) is 11.5. The molecule has 47 heavy (non-hydrogen) atoms. The van der Waals surface area contributed by atoms with E-state index in [1.807, 2.05) is 36.0 Å². The van der Waals surface area contributed by atoms with Gasteiger partial charge < -0.3 is 9.32 Å². The van der Waals surface area contributed by atoms with Crippen LogP contribution in [0.4, 0.5) is 17.1 Å². The third kappa shape index (κ3) is 4.91. The Balaban J connectivity index is 1.07. The van der Waals surface area contributed by atoms with Crippen molar-refractivity contribution in [3.8, 4) is 44.8 Å². The van der Waals surface area contributed by atoms with Gasteiger partial charge in [0.05, 0.1) is 11.4 Å². The van der Waals surface area contributed by atoms with Gasteiger partial charge in [0.25, 0.3) is 0 Å². The maximum Gasteiger partial charge on any atom is 0.227 e. The van der Waals surface area contributed by atoms with Crippen LogP contribution in [-0.4, -0.2) is 4.98 Å². The zero-order chi connectivity index (χ0) is 31.2. The number of benzene rings is 7. The molecule has 8 aromatic rings. The van der Waals surface area contributed by atoms with Crippen LogP contribution in [0, 0.1) is 0 Å². The van der Waals surface area contributed by atoms with Gasteiger partial charge in [-0.25, -0.2) is 4.98 Å². The molecule has 0 atom stereocenters. The largest absolute Gasteiger partial charge is 0.436 e. The molecule has 7 aromatic carbocycles. The van der Waals surface area contributed by atoms with Crippen molar-refractivity contribution < 1.29 is 4.42 Å². The maximum atomic E-state index is 6.02. The Bertz CT molecular complexity index is 2310. The van der Waals surface area contributed by atoms with E-state index in [1.165, 1.54) is 49.0 Å². The first-order valence-corrected chi connectivity index (χ1v) is 16.5. The molecule has 222 valence electrons. The quantitative estimate of drug-likeness (QED) is 0.191. The van der Waals surface area contributed by atoms with Gasteiger partial charge in [-0.05, 0) is 94.0 Å². The van der Waals surface area contributed by atoms with Crippen molar-refractivity contribution >= 4 is 39.9 Å². The van der Waals surface area contributed by atoms with Crippen molar-refractivity contribution in [1.29, 1.82) is 0 Å². The van der Waals surface area contributed by atoms with Gasteiger partial charge in [-0.2, -0.15) is 0 Å². The van der Waals surface area contributed by atoms with Crippen molar-refractivity contribution in [1.82, 2.24) is 4.98 Å². The van der Waals surface area contributed by atoms with Crippen LogP contribution < -0.4 is 4.90 Å². The summed E-state index contributed by atoms with van der Waals surface area (Å²) >= 11 is 1.83. The normalized spacial score (nSPS) is 12.1. The van der Waals surface area contributed by atoms with E-state index in [0.29, 0.717) is 5.89 Å². The minimum atomic E-state index is 0.634. The number of rotatable bonds is 5. The van der Waals surface area contributed by atoms with Gasteiger partial charge in [0.2, 0.25) is 5.89 Å². The van der Waals surface area contributed by atoms with Gasteiger partial charge in [0.1, 0.15) is 5.52 Å². The van der Waals surface area contributed by atoms with E-state index < -0.39 is 0 Å². The lowest BCUT2D eigenvalue weighted by molar-refractivity contribution is 0.620. The molecule has 0 fully saturated rings. The molecule has 1 aliphatic rings. The number of para-hydroxylation sites is 4. The third-order valence-corrected chi connectivity index (χ3v) is 9.88. The van der Waals surface area contributed by atoms with Crippen LogP contribution in [0.3, 0.4) is 0 Å². The molecule has 9 rings (SSSR count). The van der Waals surface area contributed by atoms with Crippen molar-refractivity contribution in [2.45, 2.75) is 9.79 Å². The van der Waals surface area contributed by atoms with E-state index in [9.17, 15) is 0 Å². The highest BCUT2D eigenvalue weighted by Gasteiger charge is 2.24. The van der Waals surface area contributed by atoms with E-state index in [1.54, 1.807) is 0 Å². The number of aromatic nitrogens is 1. The number of fused-ring (bicyclic) bond motifs is 3. The van der Waals surface area contributed by atoms with Crippen molar-refractivity contribution in [3.63, 3.8) is 0 Å². The van der Waals surface area contributed by atoms with Gasteiger partial charge in [0.15, 0.2) is 5.58 Å². The first-order chi connectivity index (χ1) is 23.3. The molecule has 0 saturated carbocycles. The second-order valence-corrected chi connectivity index (χ2v) is 12.7. The first-order valence-electron chi connectivity index (χ1n) is 15.7. The Labute approximate surface area is 277 Å². The van der Waals surface area contributed by atoms with Crippen LogP contribution in [0.25, 0.3) is 55.9 Å². The molecular weight excluding hydrogens is 593 g/mol.